The molecule has 2 aromatic rings. The molecule has 0 bridgehead atoms. The Morgan fingerprint density at radius 2 is 2.00 bits per heavy atom. The molecule has 0 aliphatic rings. The number of nitrogens with one attached hydrogen (secondary N) is 1. The number of benzene rings is 1. The van der Waals surface area contributed by atoms with Crippen molar-refractivity contribution in [2.45, 2.75) is 46.1 Å². The van der Waals surface area contributed by atoms with Gasteiger partial charge in [-0.15, -0.1) is 0 Å². The number of anilines is 2. The first-order valence-corrected chi connectivity index (χ1v) is 10.5. The maximum atomic E-state index is 12.9. The van der Waals surface area contributed by atoms with Crippen molar-refractivity contribution in [1.82, 2.24) is 9.55 Å². The van der Waals surface area contributed by atoms with Crippen LogP contribution in [0.1, 0.15) is 38.2 Å². The highest BCUT2D eigenvalue weighted by atomic mass is 16.5. The van der Waals surface area contributed by atoms with Crippen molar-refractivity contribution in [3.8, 4) is 5.75 Å². The van der Waals surface area contributed by atoms with Gasteiger partial charge in [0.1, 0.15) is 11.6 Å². The van der Waals surface area contributed by atoms with Gasteiger partial charge in [-0.2, -0.15) is 0 Å². The van der Waals surface area contributed by atoms with Crippen molar-refractivity contribution in [3.05, 3.63) is 50.7 Å². The van der Waals surface area contributed by atoms with E-state index in [4.69, 9.17) is 15.2 Å². The molecule has 0 saturated heterocycles. The molecule has 0 fully saturated rings. The summed E-state index contributed by atoms with van der Waals surface area (Å²) >= 11 is 0. The van der Waals surface area contributed by atoms with E-state index in [0.29, 0.717) is 32.4 Å². The molecule has 1 heterocycles. The Hall–Kier alpha value is -3.07. The van der Waals surface area contributed by atoms with Crippen LogP contribution in [0.2, 0.25) is 0 Å². The van der Waals surface area contributed by atoms with E-state index in [1.165, 1.54) is 16.6 Å². The summed E-state index contributed by atoms with van der Waals surface area (Å²) < 4.78 is 12.1. The molecular formula is C22H32N4O5. The molecule has 3 N–H and O–H groups in total. The molecule has 0 unspecified atom stereocenters. The third kappa shape index (κ3) is 6.71. The van der Waals surface area contributed by atoms with E-state index in [1.54, 1.807) is 0 Å². The fourth-order valence-corrected chi connectivity index (χ4v) is 3.24. The number of H-pyrrole nitrogens is 1. The number of nitrogens with two attached hydrogens (primary N) is 1. The van der Waals surface area contributed by atoms with Crippen LogP contribution in [0.3, 0.4) is 0 Å². The van der Waals surface area contributed by atoms with Gasteiger partial charge >= 0.3 is 5.69 Å². The highest BCUT2D eigenvalue weighted by Crippen LogP contribution is 2.19. The number of unbranched alkanes of at least 4 members (excludes halogenated alkanes) is 1. The molecule has 0 aliphatic heterocycles. The van der Waals surface area contributed by atoms with Crippen LogP contribution < -0.4 is 26.6 Å². The van der Waals surface area contributed by atoms with Gasteiger partial charge in [-0.25, -0.2) is 4.79 Å². The molecule has 0 saturated carbocycles. The molecular weight excluding hydrogens is 400 g/mol. The van der Waals surface area contributed by atoms with Crippen molar-refractivity contribution in [3.63, 3.8) is 0 Å². The van der Waals surface area contributed by atoms with Crippen LogP contribution in [0.25, 0.3) is 0 Å². The summed E-state index contributed by atoms with van der Waals surface area (Å²) in [4.78, 5) is 41.1. The van der Waals surface area contributed by atoms with Gasteiger partial charge in [0.2, 0.25) is 5.91 Å². The second-order valence-electron chi connectivity index (χ2n) is 7.31. The Morgan fingerprint density at radius 1 is 1.23 bits per heavy atom. The third-order valence-electron chi connectivity index (χ3n) is 4.79. The second-order valence-corrected chi connectivity index (χ2v) is 7.31. The molecule has 1 amide bonds. The minimum Gasteiger partial charge on any atom is -0.494 e. The molecule has 0 radical (unpaired) electrons. The van der Waals surface area contributed by atoms with Gasteiger partial charge in [0.05, 0.1) is 13.2 Å². The van der Waals surface area contributed by atoms with E-state index in [0.717, 1.165) is 11.3 Å². The zero-order valence-corrected chi connectivity index (χ0v) is 18.5. The minimum absolute atomic E-state index is 0.00823. The van der Waals surface area contributed by atoms with Gasteiger partial charge in [0.15, 0.2) is 5.69 Å². The number of aromatic amines is 1. The van der Waals surface area contributed by atoms with Crippen molar-refractivity contribution in [2.24, 2.45) is 0 Å². The smallest absolute Gasteiger partial charge is 0.330 e. The first-order valence-electron chi connectivity index (χ1n) is 10.5. The molecule has 1 aromatic heterocycles. The first-order chi connectivity index (χ1) is 14.9. The first kappa shape index (κ1) is 24.2. The number of hydrogen-bond acceptors (Lipinski definition) is 6. The van der Waals surface area contributed by atoms with Crippen LogP contribution in [-0.4, -0.2) is 42.3 Å². The third-order valence-corrected chi connectivity index (χ3v) is 4.79. The maximum Gasteiger partial charge on any atom is 0.330 e. The van der Waals surface area contributed by atoms with E-state index >= 15 is 0 Å². The Bertz CT molecular complexity index is 983. The van der Waals surface area contributed by atoms with E-state index in [1.807, 2.05) is 38.1 Å². The number of nitrogen functional groups attached to an aromatic ring is 1. The zero-order valence-electron chi connectivity index (χ0n) is 18.5. The number of rotatable bonds is 12. The summed E-state index contributed by atoms with van der Waals surface area (Å²) in [5.41, 5.74) is 5.97. The van der Waals surface area contributed by atoms with Crippen molar-refractivity contribution in [1.29, 1.82) is 0 Å². The Kier molecular flexibility index (Phi) is 9.33. The van der Waals surface area contributed by atoms with Crippen LogP contribution in [0.15, 0.2) is 33.9 Å². The van der Waals surface area contributed by atoms with E-state index in [-0.39, 0.29) is 37.0 Å². The number of hydrogen-bond donors (Lipinski definition) is 2. The Morgan fingerprint density at radius 3 is 2.68 bits per heavy atom. The van der Waals surface area contributed by atoms with E-state index in [2.05, 4.69) is 4.98 Å². The monoisotopic (exact) mass is 432 g/mol. The molecule has 1 aromatic carbocycles. The van der Waals surface area contributed by atoms with Crippen LogP contribution >= 0.6 is 0 Å². The van der Waals surface area contributed by atoms with Crippen LogP contribution in [-0.2, 0) is 16.1 Å². The fraction of sp³-hybridized carbons (Fsp3) is 0.500. The number of nitrogens with zero attached hydrogens (tertiary/aromatic N) is 2. The van der Waals surface area contributed by atoms with Gasteiger partial charge in [-0.3, -0.25) is 19.1 Å². The normalized spacial score (nSPS) is 10.8. The molecule has 0 aliphatic carbocycles. The van der Waals surface area contributed by atoms with Crippen molar-refractivity contribution in [2.75, 3.05) is 37.5 Å². The summed E-state index contributed by atoms with van der Waals surface area (Å²) in [5, 5.41) is 0. The maximum absolute atomic E-state index is 12.9. The Labute approximate surface area is 181 Å². The summed E-state index contributed by atoms with van der Waals surface area (Å²) in [6, 6.07) is 7.78. The number of methoxy groups -OCH3 is 1. The van der Waals surface area contributed by atoms with Gasteiger partial charge in [0, 0.05) is 26.6 Å². The van der Waals surface area contributed by atoms with Gasteiger partial charge in [-0.1, -0.05) is 19.1 Å². The van der Waals surface area contributed by atoms with Gasteiger partial charge in [-0.05, 0) is 43.9 Å². The zero-order chi connectivity index (χ0) is 22.8. The lowest BCUT2D eigenvalue weighted by molar-refractivity contribution is -0.118. The number of amides is 1. The van der Waals surface area contributed by atoms with Gasteiger partial charge < -0.3 is 20.1 Å². The summed E-state index contributed by atoms with van der Waals surface area (Å²) in [7, 11) is 1.51. The lowest BCUT2D eigenvalue weighted by Gasteiger charge is -2.24. The Balaban J connectivity index is 2.06. The molecule has 170 valence electrons. The largest absolute Gasteiger partial charge is 0.494 e. The number of aromatic nitrogens is 2. The standard InChI is InChI=1S/C22H32N4O5/c1-4-11-26-20(23)19(21(28)24-22(26)29)25(12-14-30-3)18(27)10-5-6-13-31-17-9-7-8-16(2)15-17/h7-9,15H,4-6,10-14,23H2,1-3H3,(H,24,28,29). The summed E-state index contributed by atoms with van der Waals surface area (Å²) in [5.74, 6) is 0.528. The van der Waals surface area contributed by atoms with Crippen LogP contribution in [0, 0.1) is 6.92 Å². The number of ether oxygens (including phenoxy) is 2. The van der Waals surface area contributed by atoms with E-state index in [9.17, 15) is 14.4 Å². The molecule has 2 rings (SSSR count). The van der Waals surface area contributed by atoms with Crippen LogP contribution in [0.5, 0.6) is 5.75 Å². The van der Waals surface area contributed by atoms with Crippen LogP contribution in [0.4, 0.5) is 11.5 Å². The van der Waals surface area contributed by atoms with Crippen molar-refractivity contribution >= 4 is 17.4 Å². The molecule has 0 spiro atoms. The highest BCUT2D eigenvalue weighted by Gasteiger charge is 2.23. The average molecular weight is 433 g/mol. The summed E-state index contributed by atoms with van der Waals surface area (Å²) in [6.45, 7) is 5.11. The molecule has 9 heteroatoms. The quantitative estimate of drug-likeness (QED) is 0.496. The minimum atomic E-state index is -0.679. The SMILES string of the molecule is CCCn1c(N)c(N(CCOC)C(=O)CCCCOc2cccc(C)c2)c(=O)[nH]c1=O. The fourth-order valence-electron chi connectivity index (χ4n) is 3.24. The molecule has 31 heavy (non-hydrogen) atoms. The predicted octanol–water partition coefficient (Wildman–Crippen LogP) is 2.07. The number of carbonyl (C=O) groups is 1. The number of carbonyl (C=O) groups excluding carboxylic acids is 1. The lowest BCUT2D eigenvalue weighted by Crippen LogP contribution is -2.42. The summed E-state index contributed by atoms with van der Waals surface area (Å²) in [6.07, 6.45) is 2.13. The highest BCUT2D eigenvalue weighted by molar-refractivity contribution is 5.95. The topological polar surface area (TPSA) is 120 Å². The van der Waals surface area contributed by atoms with Crippen molar-refractivity contribution < 1.29 is 14.3 Å². The number of aryl methyl sites for hydroxylation is 1. The van der Waals surface area contributed by atoms with Gasteiger partial charge in [0.25, 0.3) is 5.56 Å². The molecule has 9 nitrogen and oxygen atoms in total. The predicted molar refractivity (Wildman–Crippen MR) is 121 cm³/mol. The van der Waals surface area contributed by atoms with E-state index < -0.39 is 11.2 Å². The molecule has 0 atom stereocenters. The second kappa shape index (κ2) is 11.9. The average Bonchev–Trinajstić information content (AvgIpc) is 2.73. The lowest BCUT2D eigenvalue weighted by atomic mass is 10.2.